The van der Waals surface area contributed by atoms with Crippen LogP contribution in [0.4, 0.5) is 0 Å². The Morgan fingerprint density at radius 1 is 1.21 bits per heavy atom. The summed E-state index contributed by atoms with van der Waals surface area (Å²) in [7, 11) is 0. The molecule has 0 radical (unpaired) electrons. The number of hydrogen-bond donors (Lipinski definition) is 2. The number of hydrogen-bond acceptors (Lipinski definition) is 5. The summed E-state index contributed by atoms with van der Waals surface area (Å²) in [6.07, 6.45) is 0. The molecule has 1 heterocycles. The van der Waals surface area contributed by atoms with Crippen molar-refractivity contribution in [2.24, 2.45) is 5.92 Å². The zero-order valence-corrected chi connectivity index (χ0v) is 14.4. The maximum absolute atomic E-state index is 12.9. The molecule has 1 aromatic carbocycles. The van der Waals surface area contributed by atoms with Gasteiger partial charge in [-0.1, -0.05) is 43.7 Å². The molecular formula is C19H23NO4. The van der Waals surface area contributed by atoms with Gasteiger partial charge in [0, 0.05) is 11.6 Å². The summed E-state index contributed by atoms with van der Waals surface area (Å²) in [6, 6.07) is 7.51. The molecule has 1 atom stereocenters. The van der Waals surface area contributed by atoms with E-state index in [0.717, 1.165) is 5.56 Å². The summed E-state index contributed by atoms with van der Waals surface area (Å²) in [6.45, 7) is 8.03. The molecule has 1 unspecified atom stereocenters. The Kier molecular flexibility index (Phi) is 5.57. The van der Waals surface area contributed by atoms with Gasteiger partial charge in [-0.3, -0.25) is 4.79 Å². The predicted octanol–water partition coefficient (Wildman–Crippen LogP) is 3.13. The molecule has 128 valence electrons. The fourth-order valence-electron chi connectivity index (χ4n) is 2.44. The van der Waals surface area contributed by atoms with Gasteiger partial charge in [-0.05, 0) is 26.3 Å². The Hall–Kier alpha value is -2.40. The third-order valence-electron chi connectivity index (χ3n) is 3.71. The maximum atomic E-state index is 12.9. The lowest BCUT2D eigenvalue weighted by Crippen LogP contribution is -2.34. The van der Waals surface area contributed by atoms with Gasteiger partial charge in [-0.15, -0.1) is 0 Å². The molecule has 2 aromatic rings. The molecule has 0 aliphatic heterocycles. The summed E-state index contributed by atoms with van der Waals surface area (Å²) in [5.74, 6) is 0.0668. The average Bonchev–Trinajstić information content (AvgIpc) is 2.49. The van der Waals surface area contributed by atoms with E-state index in [1.54, 1.807) is 19.1 Å². The van der Waals surface area contributed by atoms with Crippen LogP contribution in [0.25, 0.3) is 0 Å². The van der Waals surface area contributed by atoms with Gasteiger partial charge in [0.2, 0.25) is 0 Å². The van der Waals surface area contributed by atoms with Crippen molar-refractivity contribution in [3.63, 3.8) is 0 Å². The Bertz CT molecular complexity index is 775. The lowest BCUT2D eigenvalue weighted by molar-refractivity contribution is 0.0937. The number of benzene rings is 1. The highest BCUT2D eigenvalue weighted by Gasteiger charge is 2.28. The monoisotopic (exact) mass is 329 g/mol. The smallest absolute Gasteiger partial charge is 0.344 e. The van der Waals surface area contributed by atoms with Gasteiger partial charge in [0.15, 0.2) is 5.78 Å². The molecule has 0 spiro atoms. The van der Waals surface area contributed by atoms with E-state index in [0.29, 0.717) is 17.9 Å². The lowest BCUT2D eigenvalue weighted by Gasteiger charge is -2.19. The van der Waals surface area contributed by atoms with Gasteiger partial charge in [0.25, 0.3) is 0 Å². The molecule has 0 bridgehead atoms. The minimum atomic E-state index is -0.952. The van der Waals surface area contributed by atoms with Crippen LogP contribution < -0.4 is 10.9 Å². The second-order valence-electron chi connectivity index (χ2n) is 6.41. The molecule has 5 heteroatoms. The normalized spacial score (nSPS) is 12.4. The first-order valence-electron chi connectivity index (χ1n) is 7.97. The number of carbonyl (C=O) groups is 1. The number of rotatable bonds is 6. The van der Waals surface area contributed by atoms with E-state index in [1.807, 2.05) is 32.9 Å². The van der Waals surface area contributed by atoms with Gasteiger partial charge in [-0.25, -0.2) is 4.79 Å². The van der Waals surface area contributed by atoms with E-state index in [9.17, 15) is 14.7 Å². The molecule has 0 saturated heterocycles. The maximum Gasteiger partial charge on any atom is 0.344 e. The van der Waals surface area contributed by atoms with Crippen LogP contribution in [0.15, 0.2) is 39.5 Å². The highest BCUT2D eigenvalue weighted by Crippen LogP contribution is 2.25. The lowest BCUT2D eigenvalue weighted by atomic mass is 9.96. The Morgan fingerprint density at radius 3 is 2.38 bits per heavy atom. The van der Waals surface area contributed by atoms with Crippen molar-refractivity contribution < 1.29 is 14.3 Å². The number of ketones is 1. The molecule has 2 rings (SSSR count). The highest BCUT2D eigenvalue weighted by atomic mass is 16.4. The summed E-state index contributed by atoms with van der Waals surface area (Å²) >= 11 is 0. The van der Waals surface area contributed by atoms with Crippen molar-refractivity contribution in [3.05, 3.63) is 63.2 Å². The minimum Gasteiger partial charge on any atom is -0.507 e. The molecule has 0 fully saturated rings. The van der Waals surface area contributed by atoms with Crippen LogP contribution in [-0.4, -0.2) is 17.4 Å². The van der Waals surface area contributed by atoms with E-state index >= 15 is 0 Å². The molecule has 5 nitrogen and oxygen atoms in total. The van der Waals surface area contributed by atoms with Crippen LogP contribution in [0.1, 0.15) is 47.1 Å². The van der Waals surface area contributed by atoms with Crippen LogP contribution in [-0.2, 0) is 0 Å². The third-order valence-corrected chi connectivity index (χ3v) is 3.71. The summed E-state index contributed by atoms with van der Waals surface area (Å²) < 4.78 is 5.07. The van der Waals surface area contributed by atoms with Crippen LogP contribution in [0.2, 0.25) is 0 Å². The fraction of sp³-hybridized carbons (Fsp3) is 0.368. The minimum absolute atomic E-state index is 0.0492. The van der Waals surface area contributed by atoms with Crippen molar-refractivity contribution in [2.75, 3.05) is 6.54 Å². The highest BCUT2D eigenvalue weighted by molar-refractivity contribution is 6.01. The SMILES string of the molecule is Cc1ccc(C(=O)C(NCC(C)C)c2c(O)cc(C)oc2=O)cc1. The fourth-order valence-corrected chi connectivity index (χ4v) is 2.44. The average molecular weight is 329 g/mol. The second kappa shape index (κ2) is 7.45. The van der Waals surface area contributed by atoms with Gasteiger partial charge in [0.05, 0.1) is 0 Å². The number of aryl methyl sites for hydroxylation is 2. The molecule has 0 aliphatic carbocycles. The van der Waals surface area contributed by atoms with E-state index in [-0.39, 0.29) is 23.0 Å². The van der Waals surface area contributed by atoms with E-state index < -0.39 is 11.7 Å². The van der Waals surface area contributed by atoms with Crippen LogP contribution >= 0.6 is 0 Å². The number of aromatic hydroxyl groups is 1. The van der Waals surface area contributed by atoms with Crippen molar-refractivity contribution in [2.45, 2.75) is 33.7 Å². The number of Topliss-reactive ketones (excluding diaryl/α,β-unsaturated/α-hetero) is 1. The number of carbonyl (C=O) groups excluding carboxylic acids is 1. The summed E-state index contributed by atoms with van der Waals surface area (Å²) in [4.78, 5) is 25.1. The first-order valence-corrected chi connectivity index (χ1v) is 7.97. The second-order valence-corrected chi connectivity index (χ2v) is 6.41. The largest absolute Gasteiger partial charge is 0.507 e. The van der Waals surface area contributed by atoms with Crippen molar-refractivity contribution in [1.29, 1.82) is 0 Å². The van der Waals surface area contributed by atoms with E-state index in [4.69, 9.17) is 4.42 Å². The first kappa shape index (κ1) is 17.9. The van der Waals surface area contributed by atoms with Crippen LogP contribution in [0, 0.1) is 19.8 Å². The van der Waals surface area contributed by atoms with Gasteiger partial charge in [-0.2, -0.15) is 0 Å². The van der Waals surface area contributed by atoms with Crippen LogP contribution in [0.5, 0.6) is 5.75 Å². The van der Waals surface area contributed by atoms with Gasteiger partial charge in [0.1, 0.15) is 23.1 Å². The Morgan fingerprint density at radius 2 is 1.83 bits per heavy atom. The quantitative estimate of drug-likeness (QED) is 0.796. The molecule has 0 amide bonds. The standard InChI is InChI=1S/C19H23NO4/c1-11(2)10-20-17(16-15(21)9-13(4)24-19(16)23)18(22)14-7-5-12(3)6-8-14/h5-9,11,17,20-21H,10H2,1-4H3. The van der Waals surface area contributed by atoms with E-state index in [2.05, 4.69) is 5.32 Å². The Labute approximate surface area is 141 Å². The molecule has 0 aliphatic rings. The van der Waals surface area contributed by atoms with Gasteiger partial charge < -0.3 is 14.8 Å². The zero-order valence-electron chi connectivity index (χ0n) is 14.4. The number of nitrogens with one attached hydrogen (secondary N) is 1. The van der Waals surface area contributed by atoms with E-state index in [1.165, 1.54) is 6.07 Å². The third kappa shape index (κ3) is 4.11. The van der Waals surface area contributed by atoms with Gasteiger partial charge >= 0.3 is 5.63 Å². The zero-order chi connectivity index (χ0) is 17.9. The van der Waals surface area contributed by atoms with Crippen molar-refractivity contribution in [1.82, 2.24) is 5.32 Å². The molecular weight excluding hydrogens is 306 g/mol. The first-order chi connectivity index (χ1) is 11.3. The molecule has 0 saturated carbocycles. The Balaban J connectivity index is 2.47. The summed E-state index contributed by atoms with van der Waals surface area (Å²) in [5.41, 5.74) is 0.762. The molecule has 24 heavy (non-hydrogen) atoms. The van der Waals surface area contributed by atoms with Crippen molar-refractivity contribution in [3.8, 4) is 5.75 Å². The molecule has 1 aromatic heterocycles. The summed E-state index contributed by atoms with van der Waals surface area (Å²) in [5, 5.41) is 13.3. The van der Waals surface area contributed by atoms with Crippen molar-refractivity contribution >= 4 is 5.78 Å². The molecule has 2 N–H and O–H groups in total. The topological polar surface area (TPSA) is 79.5 Å². The van der Waals surface area contributed by atoms with Crippen LogP contribution in [0.3, 0.4) is 0 Å². The predicted molar refractivity (Wildman–Crippen MR) is 92.5 cm³/mol.